The molecule has 1 aromatic heterocycles. The van der Waals surface area contributed by atoms with Crippen LogP contribution in [0.4, 0.5) is 0 Å². The Hall–Kier alpha value is -3.12. The third-order valence-electron chi connectivity index (χ3n) is 4.71. The molecule has 0 fully saturated rings. The second-order valence-electron chi connectivity index (χ2n) is 6.56. The zero-order valence-electron chi connectivity index (χ0n) is 16.1. The molecule has 0 atom stereocenters. The van der Waals surface area contributed by atoms with Gasteiger partial charge in [-0.1, -0.05) is 11.6 Å². The van der Waals surface area contributed by atoms with Gasteiger partial charge in [-0.25, -0.2) is 4.79 Å². The van der Waals surface area contributed by atoms with Gasteiger partial charge in [0.05, 0.1) is 13.7 Å². The van der Waals surface area contributed by atoms with E-state index in [0.29, 0.717) is 27.5 Å². The van der Waals surface area contributed by atoms with Crippen molar-refractivity contribution in [3.63, 3.8) is 0 Å². The summed E-state index contributed by atoms with van der Waals surface area (Å²) in [7, 11) is 1.54. The highest BCUT2D eigenvalue weighted by atomic mass is 35.5. The molecule has 0 saturated carbocycles. The second-order valence-corrected chi connectivity index (χ2v) is 7.00. The molecule has 1 N–H and O–H groups in total. The predicted octanol–water partition coefficient (Wildman–Crippen LogP) is 3.70. The van der Waals surface area contributed by atoms with Gasteiger partial charge >= 0.3 is 5.63 Å². The maximum absolute atomic E-state index is 12.3. The van der Waals surface area contributed by atoms with Crippen LogP contribution in [-0.2, 0) is 11.2 Å². The van der Waals surface area contributed by atoms with Crippen LogP contribution in [0.1, 0.15) is 27.9 Å². The number of rotatable bonds is 7. The number of ketones is 1. The standard InChI is InChI=1S/C22H20ClNO5/c1-13-17-8-7-16(28-2)11-20(17)29-22(27)18(13)9-10-21(26)24-12-19(25)14-3-5-15(23)6-4-14/h3-8,11H,9-10,12H2,1-2H3,(H,24,26). The topological polar surface area (TPSA) is 85.6 Å². The number of ether oxygens (including phenoxy) is 1. The number of benzene rings is 2. The van der Waals surface area contributed by atoms with E-state index in [-0.39, 0.29) is 31.1 Å². The quantitative estimate of drug-likeness (QED) is 0.471. The number of fused-ring (bicyclic) bond motifs is 1. The van der Waals surface area contributed by atoms with Gasteiger partial charge in [-0.3, -0.25) is 9.59 Å². The van der Waals surface area contributed by atoms with Gasteiger partial charge in [0.25, 0.3) is 0 Å². The van der Waals surface area contributed by atoms with E-state index >= 15 is 0 Å². The lowest BCUT2D eigenvalue weighted by molar-refractivity contribution is -0.120. The number of carbonyl (C=O) groups excluding carboxylic acids is 2. The van der Waals surface area contributed by atoms with E-state index in [1.807, 2.05) is 13.0 Å². The van der Waals surface area contributed by atoms with E-state index in [0.717, 1.165) is 10.9 Å². The first-order chi connectivity index (χ1) is 13.9. The molecule has 29 heavy (non-hydrogen) atoms. The normalized spacial score (nSPS) is 10.7. The Balaban J connectivity index is 1.64. The molecule has 2 aromatic carbocycles. The molecular formula is C22H20ClNO5. The van der Waals surface area contributed by atoms with Crippen LogP contribution in [0.15, 0.2) is 51.7 Å². The van der Waals surface area contributed by atoms with Crippen LogP contribution >= 0.6 is 11.6 Å². The lowest BCUT2D eigenvalue weighted by Gasteiger charge is -2.09. The molecule has 0 aliphatic heterocycles. The first-order valence-corrected chi connectivity index (χ1v) is 9.42. The lowest BCUT2D eigenvalue weighted by Crippen LogP contribution is -2.30. The summed E-state index contributed by atoms with van der Waals surface area (Å²) < 4.78 is 10.5. The zero-order chi connectivity index (χ0) is 21.0. The van der Waals surface area contributed by atoms with Crippen molar-refractivity contribution in [3.05, 3.63) is 74.6 Å². The van der Waals surface area contributed by atoms with E-state index in [1.54, 1.807) is 36.4 Å². The van der Waals surface area contributed by atoms with Gasteiger partial charge in [0.15, 0.2) is 5.78 Å². The molecule has 0 saturated heterocycles. The molecule has 150 valence electrons. The summed E-state index contributed by atoms with van der Waals surface area (Å²) in [6.07, 6.45) is 0.290. The first-order valence-electron chi connectivity index (χ1n) is 9.05. The first kappa shape index (κ1) is 20.6. The number of hydrogen-bond donors (Lipinski definition) is 1. The van der Waals surface area contributed by atoms with Gasteiger partial charge in [-0.2, -0.15) is 0 Å². The number of aryl methyl sites for hydroxylation is 1. The van der Waals surface area contributed by atoms with Crippen LogP contribution in [0.2, 0.25) is 5.02 Å². The third-order valence-corrected chi connectivity index (χ3v) is 4.96. The number of Topliss-reactive ketones (excluding diaryl/α,β-unsaturated/α-hetero) is 1. The molecule has 0 bridgehead atoms. The summed E-state index contributed by atoms with van der Waals surface area (Å²) in [5, 5.41) is 3.91. The summed E-state index contributed by atoms with van der Waals surface area (Å²) in [5.74, 6) is 0.0591. The average molecular weight is 414 g/mol. The minimum absolute atomic E-state index is 0.0706. The van der Waals surface area contributed by atoms with E-state index in [4.69, 9.17) is 20.8 Å². The monoisotopic (exact) mass is 413 g/mol. The van der Waals surface area contributed by atoms with Gasteiger partial charge in [0, 0.05) is 34.0 Å². The van der Waals surface area contributed by atoms with E-state index in [2.05, 4.69) is 5.32 Å². The molecule has 0 spiro atoms. The van der Waals surface area contributed by atoms with Crippen LogP contribution in [0, 0.1) is 6.92 Å². The number of hydrogen-bond acceptors (Lipinski definition) is 5. The Kier molecular flexibility index (Phi) is 6.34. The van der Waals surface area contributed by atoms with Crippen molar-refractivity contribution < 1.29 is 18.7 Å². The van der Waals surface area contributed by atoms with E-state index < -0.39 is 5.63 Å². The number of amides is 1. The Bertz CT molecular complexity index is 1120. The number of nitrogens with one attached hydrogen (secondary N) is 1. The molecule has 0 aliphatic rings. The zero-order valence-corrected chi connectivity index (χ0v) is 16.8. The van der Waals surface area contributed by atoms with Gasteiger partial charge in [0.1, 0.15) is 11.3 Å². The Labute approximate surface area is 172 Å². The maximum atomic E-state index is 12.3. The molecule has 1 amide bonds. The Morgan fingerprint density at radius 3 is 2.55 bits per heavy atom. The van der Waals surface area contributed by atoms with Crippen LogP contribution in [0.3, 0.4) is 0 Å². The predicted molar refractivity (Wildman–Crippen MR) is 111 cm³/mol. The number of methoxy groups -OCH3 is 1. The minimum Gasteiger partial charge on any atom is -0.497 e. The second kappa shape index (κ2) is 8.92. The summed E-state index contributed by atoms with van der Waals surface area (Å²) in [5.41, 5.74) is 1.64. The van der Waals surface area contributed by atoms with Crippen molar-refractivity contribution in [2.75, 3.05) is 13.7 Å². The highest BCUT2D eigenvalue weighted by Crippen LogP contribution is 2.24. The van der Waals surface area contributed by atoms with Crippen molar-refractivity contribution in [1.29, 1.82) is 0 Å². The van der Waals surface area contributed by atoms with Crippen molar-refractivity contribution in [2.45, 2.75) is 19.8 Å². The largest absolute Gasteiger partial charge is 0.497 e. The molecule has 0 unspecified atom stereocenters. The number of halogens is 1. The van der Waals surface area contributed by atoms with Gasteiger partial charge < -0.3 is 14.5 Å². The van der Waals surface area contributed by atoms with Crippen LogP contribution in [0.25, 0.3) is 11.0 Å². The van der Waals surface area contributed by atoms with Crippen LogP contribution in [-0.4, -0.2) is 25.3 Å². The summed E-state index contributed by atoms with van der Waals surface area (Å²) in [4.78, 5) is 36.6. The van der Waals surface area contributed by atoms with E-state index in [9.17, 15) is 14.4 Å². The molecule has 6 nitrogen and oxygen atoms in total. The molecule has 3 rings (SSSR count). The third kappa shape index (κ3) is 4.84. The van der Waals surface area contributed by atoms with Crippen molar-refractivity contribution in [1.82, 2.24) is 5.32 Å². The molecular weight excluding hydrogens is 394 g/mol. The molecule has 3 aromatic rings. The maximum Gasteiger partial charge on any atom is 0.339 e. The summed E-state index contributed by atoms with van der Waals surface area (Å²) in [6.45, 7) is 1.70. The van der Waals surface area contributed by atoms with Gasteiger partial charge in [-0.15, -0.1) is 0 Å². The smallest absolute Gasteiger partial charge is 0.339 e. The Morgan fingerprint density at radius 1 is 1.14 bits per heavy atom. The van der Waals surface area contributed by atoms with Crippen LogP contribution in [0.5, 0.6) is 5.75 Å². The summed E-state index contributed by atoms with van der Waals surface area (Å²) in [6, 6.07) is 11.7. The molecule has 1 heterocycles. The fraction of sp³-hybridized carbons (Fsp3) is 0.227. The molecule has 7 heteroatoms. The van der Waals surface area contributed by atoms with Crippen LogP contribution < -0.4 is 15.7 Å². The SMILES string of the molecule is COc1ccc2c(C)c(CCC(=O)NCC(=O)c3ccc(Cl)cc3)c(=O)oc2c1. The highest BCUT2D eigenvalue weighted by Gasteiger charge is 2.14. The van der Waals surface area contributed by atoms with Gasteiger partial charge in [-0.05, 0) is 55.3 Å². The van der Waals surface area contributed by atoms with Gasteiger partial charge in [0.2, 0.25) is 5.91 Å². The van der Waals surface area contributed by atoms with E-state index in [1.165, 1.54) is 7.11 Å². The summed E-state index contributed by atoms with van der Waals surface area (Å²) >= 11 is 5.80. The fourth-order valence-electron chi connectivity index (χ4n) is 3.03. The van der Waals surface area contributed by atoms with Crippen molar-refractivity contribution >= 4 is 34.3 Å². The minimum atomic E-state index is -0.478. The lowest BCUT2D eigenvalue weighted by atomic mass is 10.0. The molecule has 0 radical (unpaired) electrons. The average Bonchev–Trinajstić information content (AvgIpc) is 2.71. The Morgan fingerprint density at radius 2 is 1.86 bits per heavy atom. The fourth-order valence-corrected chi connectivity index (χ4v) is 3.16. The molecule has 0 aliphatic carbocycles. The van der Waals surface area contributed by atoms with Crippen molar-refractivity contribution in [3.8, 4) is 5.75 Å². The number of carbonyl (C=O) groups is 2. The highest BCUT2D eigenvalue weighted by molar-refractivity contribution is 6.30. The van der Waals surface area contributed by atoms with Crippen molar-refractivity contribution in [2.24, 2.45) is 0 Å².